The second-order valence-electron chi connectivity index (χ2n) is 5.57. The molecule has 5 nitrogen and oxygen atoms in total. The van der Waals surface area contributed by atoms with Gasteiger partial charge in [0.15, 0.2) is 0 Å². The Morgan fingerprint density at radius 3 is 2.44 bits per heavy atom. The van der Waals surface area contributed by atoms with Gasteiger partial charge in [0.25, 0.3) is 0 Å². The van der Waals surface area contributed by atoms with E-state index in [0.717, 1.165) is 11.1 Å². The van der Waals surface area contributed by atoms with Crippen LogP contribution >= 0.6 is 31.9 Å². The molecule has 0 fully saturated rings. The third-order valence-electron chi connectivity index (χ3n) is 3.62. The van der Waals surface area contributed by atoms with E-state index >= 15 is 0 Å². The van der Waals surface area contributed by atoms with Crippen LogP contribution in [0.4, 0.5) is 5.69 Å². The molecular formula is C17H18Br2N2O3S. The lowest BCUT2D eigenvalue weighted by Gasteiger charge is -2.10. The molecule has 1 amide bonds. The summed E-state index contributed by atoms with van der Waals surface area (Å²) in [6.07, 6.45) is 0.0395. The molecule has 0 heterocycles. The van der Waals surface area contributed by atoms with E-state index in [4.69, 9.17) is 0 Å². The fraction of sp³-hybridized carbons (Fsp3) is 0.235. The van der Waals surface area contributed by atoms with Crippen LogP contribution in [0.5, 0.6) is 0 Å². The van der Waals surface area contributed by atoms with Gasteiger partial charge in [-0.05, 0) is 71.2 Å². The van der Waals surface area contributed by atoms with Crippen molar-refractivity contribution in [2.75, 3.05) is 11.9 Å². The Bertz CT molecular complexity index is 899. The van der Waals surface area contributed by atoms with Gasteiger partial charge in [0, 0.05) is 27.6 Å². The molecule has 0 bridgehead atoms. The number of carbonyl (C=O) groups excluding carboxylic acids is 1. The first-order chi connectivity index (χ1) is 11.7. The number of carbonyl (C=O) groups is 1. The van der Waals surface area contributed by atoms with Crippen LogP contribution in [-0.2, 0) is 14.8 Å². The summed E-state index contributed by atoms with van der Waals surface area (Å²) in [6.45, 7) is 3.97. The van der Waals surface area contributed by atoms with Gasteiger partial charge >= 0.3 is 0 Å². The van der Waals surface area contributed by atoms with Crippen LogP contribution in [0.2, 0.25) is 0 Å². The minimum absolute atomic E-state index is 0.0119. The van der Waals surface area contributed by atoms with Crippen LogP contribution in [-0.4, -0.2) is 20.9 Å². The van der Waals surface area contributed by atoms with Crippen molar-refractivity contribution in [2.45, 2.75) is 25.2 Å². The van der Waals surface area contributed by atoms with Gasteiger partial charge in [0.2, 0.25) is 15.9 Å². The molecule has 0 radical (unpaired) electrons. The number of rotatable bonds is 6. The number of sulfonamides is 1. The fourth-order valence-electron chi connectivity index (χ4n) is 2.10. The third-order valence-corrected chi connectivity index (χ3v) is 6.57. The van der Waals surface area contributed by atoms with Crippen molar-refractivity contribution in [3.63, 3.8) is 0 Å². The van der Waals surface area contributed by atoms with Crippen molar-refractivity contribution < 1.29 is 13.2 Å². The highest BCUT2D eigenvalue weighted by Gasteiger charge is 2.18. The Kier molecular flexibility index (Phi) is 6.79. The smallest absolute Gasteiger partial charge is 0.241 e. The molecule has 0 spiro atoms. The first kappa shape index (κ1) is 20.1. The molecule has 0 aliphatic carbocycles. The molecule has 25 heavy (non-hydrogen) atoms. The van der Waals surface area contributed by atoms with E-state index in [1.807, 2.05) is 32.0 Å². The number of halogens is 2. The largest absolute Gasteiger partial charge is 0.326 e. The summed E-state index contributed by atoms with van der Waals surface area (Å²) >= 11 is 6.48. The van der Waals surface area contributed by atoms with E-state index < -0.39 is 10.0 Å². The van der Waals surface area contributed by atoms with Gasteiger partial charge < -0.3 is 5.32 Å². The number of anilines is 1. The highest BCUT2D eigenvalue weighted by atomic mass is 79.9. The van der Waals surface area contributed by atoms with Gasteiger partial charge in [-0.3, -0.25) is 4.79 Å². The summed E-state index contributed by atoms with van der Waals surface area (Å²) in [4.78, 5) is 12.1. The first-order valence-electron chi connectivity index (χ1n) is 7.51. The number of benzene rings is 2. The van der Waals surface area contributed by atoms with Gasteiger partial charge in [0.1, 0.15) is 0 Å². The first-order valence-corrected chi connectivity index (χ1v) is 10.6. The Labute approximate surface area is 164 Å². The normalized spacial score (nSPS) is 11.4. The Balaban J connectivity index is 1.94. The van der Waals surface area contributed by atoms with Crippen LogP contribution in [0.3, 0.4) is 0 Å². The van der Waals surface area contributed by atoms with Gasteiger partial charge in [-0.25, -0.2) is 13.1 Å². The molecule has 8 heteroatoms. The van der Waals surface area contributed by atoms with Crippen molar-refractivity contribution in [2.24, 2.45) is 0 Å². The van der Waals surface area contributed by atoms with Crippen molar-refractivity contribution in [3.8, 4) is 0 Å². The lowest BCUT2D eigenvalue weighted by atomic mass is 10.1. The lowest BCUT2D eigenvalue weighted by molar-refractivity contribution is -0.116. The molecule has 0 saturated heterocycles. The second-order valence-corrected chi connectivity index (χ2v) is 9.08. The standard InChI is InChI=1S/C17H18Br2N2O3S/c1-11-3-5-14(9-12(11)2)21-17(22)7-8-20-25(23,24)16-10-13(18)4-6-15(16)19/h3-6,9-10,20H,7-8H2,1-2H3,(H,21,22). The zero-order valence-corrected chi connectivity index (χ0v) is 17.8. The number of nitrogens with one attached hydrogen (secondary N) is 2. The molecule has 134 valence electrons. The maximum absolute atomic E-state index is 12.3. The van der Waals surface area contributed by atoms with Crippen LogP contribution in [0.1, 0.15) is 17.5 Å². The van der Waals surface area contributed by atoms with Crippen molar-refractivity contribution in [1.29, 1.82) is 0 Å². The van der Waals surface area contributed by atoms with E-state index in [1.54, 1.807) is 12.1 Å². The van der Waals surface area contributed by atoms with E-state index in [-0.39, 0.29) is 23.8 Å². The quantitative estimate of drug-likeness (QED) is 0.640. The maximum Gasteiger partial charge on any atom is 0.241 e. The summed E-state index contributed by atoms with van der Waals surface area (Å²) in [5.74, 6) is -0.251. The van der Waals surface area contributed by atoms with Crippen LogP contribution in [0.25, 0.3) is 0 Å². The molecular weight excluding hydrogens is 472 g/mol. The zero-order chi connectivity index (χ0) is 18.6. The van der Waals surface area contributed by atoms with Crippen LogP contribution in [0.15, 0.2) is 50.2 Å². The maximum atomic E-state index is 12.3. The predicted octanol–water partition coefficient (Wildman–Crippen LogP) is 4.14. The Morgan fingerprint density at radius 1 is 1.04 bits per heavy atom. The summed E-state index contributed by atoms with van der Waals surface area (Å²) < 4.78 is 28.2. The van der Waals surface area contributed by atoms with Gasteiger partial charge in [-0.1, -0.05) is 22.0 Å². The average Bonchev–Trinajstić information content (AvgIpc) is 2.53. The van der Waals surface area contributed by atoms with Crippen LogP contribution in [0, 0.1) is 13.8 Å². The second kappa shape index (κ2) is 8.44. The minimum atomic E-state index is -3.70. The molecule has 0 aromatic heterocycles. The van der Waals surface area contributed by atoms with Gasteiger partial charge in [-0.2, -0.15) is 0 Å². The number of hydrogen-bond donors (Lipinski definition) is 2. The van der Waals surface area contributed by atoms with Crippen LogP contribution < -0.4 is 10.0 Å². The molecule has 0 aliphatic rings. The molecule has 0 unspecified atom stereocenters. The van der Waals surface area contributed by atoms with E-state index in [9.17, 15) is 13.2 Å². The average molecular weight is 490 g/mol. The highest BCUT2D eigenvalue weighted by molar-refractivity contribution is 9.11. The number of aryl methyl sites for hydroxylation is 2. The summed E-state index contributed by atoms with van der Waals surface area (Å²) in [7, 11) is -3.70. The van der Waals surface area contributed by atoms with Crippen molar-refractivity contribution in [3.05, 3.63) is 56.5 Å². The van der Waals surface area contributed by atoms with Crippen molar-refractivity contribution in [1.82, 2.24) is 4.72 Å². The highest BCUT2D eigenvalue weighted by Crippen LogP contribution is 2.25. The topological polar surface area (TPSA) is 75.3 Å². The fourth-order valence-corrected chi connectivity index (χ4v) is 4.63. The molecule has 0 atom stereocenters. The predicted molar refractivity (Wildman–Crippen MR) is 106 cm³/mol. The minimum Gasteiger partial charge on any atom is -0.326 e. The molecule has 2 aromatic rings. The van der Waals surface area contributed by atoms with Gasteiger partial charge in [-0.15, -0.1) is 0 Å². The lowest BCUT2D eigenvalue weighted by Crippen LogP contribution is -2.28. The number of hydrogen-bond acceptors (Lipinski definition) is 3. The molecule has 2 N–H and O–H groups in total. The third kappa shape index (κ3) is 5.64. The summed E-state index contributed by atoms with van der Waals surface area (Å²) in [5, 5.41) is 2.77. The van der Waals surface area contributed by atoms with E-state index in [0.29, 0.717) is 14.6 Å². The molecule has 0 saturated carbocycles. The monoisotopic (exact) mass is 488 g/mol. The van der Waals surface area contributed by atoms with Gasteiger partial charge in [0.05, 0.1) is 4.90 Å². The Hall–Kier alpha value is -1.22. The van der Waals surface area contributed by atoms with E-state index in [2.05, 4.69) is 41.9 Å². The number of amides is 1. The molecule has 0 aliphatic heterocycles. The summed E-state index contributed by atoms with van der Waals surface area (Å²) in [6, 6.07) is 10.5. The summed E-state index contributed by atoms with van der Waals surface area (Å²) in [5.41, 5.74) is 2.93. The SMILES string of the molecule is Cc1ccc(NC(=O)CCNS(=O)(=O)c2cc(Br)ccc2Br)cc1C. The van der Waals surface area contributed by atoms with Crippen molar-refractivity contribution >= 4 is 53.5 Å². The molecule has 2 rings (SSSR count). The molecule has 2 aromatic carbocycles. The Morgan fingerprint density at radius 2 is 1.76 bits per heavy atom. The zero-order valence-electron chi connectivity index (χ0n) is 13.8. The van der Waals surface area contributed by atoms with E-state index in [1.165, 1.54) is 6.07 Å².